The van der Waals surface area contributed by atoms with Gasteiger partial charge in [-0.25, -0.2) is 0 Å². The number of rotatable bonds is 6. The Hall–Kier alpha value is -3.36. The second-order valence-corrected chi connectivity index (χ2v) is 4.37. The topological polar surface area (TPSA) is 130 Å². The molecule has 0 atom stereocenters. The normalized spacial score (nSPS) is 10.0. The van der Waals surface area contributed by atoms with Gasteiger partial charge in [-0.1, -0.05) is 0 Å². The highest BCUT2D eigenvalue weighted by Crippen LogP contribution is 2.39. The summed E-state index contributed by atoms with van der Waals surface area (Å²) in [4.78, 5) is 25.5. The summed E-state index contributed by atoms with van der Waals surface area (Å²) in [5.41, 5.74) is 5.28. The van der Waals surface area contributed by atoms with E-state index in [0.29, 0.717) is 0 Å². The molecule has 0 spiro atoms. The third-order valence-electron chi connectivity index (χ3n) is 2.96. The lowest BCUT2D eigenvalue weighted by Gasteiger charge is -2.12. The Morgan fingerprint density at radius 2 is 2.09 bits per heavy atom. The number of aromatic nitrogens is 1. The summed E-state index contributed by atoms with van der Waals surface area (Å²) in [6.07, 6.45) is 1.35. The molecule has 1 amide bonds. The minimum Gasteiger partial charge on any atom is -0.493 e. The van der Waals surface area contributed by atoms with E-state index in [-0.39, 0.29) is 34.3 Å². The first-order valence-corrected chi connectivity index (χ1v) is 6.44. The number of hydrogen-bond donors (Lipinski definition) is 2. The number of amides is 1. The van der Waals surface area contributed by atoms with Crippen LogP contribution in [0.4, 0.5) is 11.4 Å². The van der Waals surface area contributed by atoms with Crippen molar-refractivity contribution in [2.75, 3.05) is 19.5 Å². The molecule has 0 saturated carbocycles. The Morgan fingerprint density at radius 1 is 1.35 bits per heavy atom. The van der Waals surface area contributed by atoms with Gasteiger partial charge in [-0.2, -0.15) is 0 Å². The van der Waals surface area contributed by atoms with E-state index in [1.807, 2.05) is 0 Å². The van der Waals surface area contributed by atoms with Crippen LogP contribution in [0.2, 0.25) is 0 Å². The number of benzene rings is 1. The Labute approximate surface area is 131 Å². The number of nitro benzene ring substituents is 1. The summed E-state index contributed by atoms with van der Waals surface area (Å²) in [5, 5.41) is 13.8. The molecule has 0 bridgehead atoms. The summed E-state index contributed by atoms with van der Waals surface area (Å²) in [5.74, 6) is -0.0465. The molecule has 0 fully saturated rings. The van der Waals surface area contributed by atoms with Crippen LogP contribution in [0.5, 0.6) is 17.2 Å². The fraction of sp³-hybridized carbons (Fsp3) is 0.143. The fourth-order valence-corrected chi connectivity index (χ4v) is 1.88. The zero-order valence-corrected chi connectivity index (χ0v) is 12.4. The third kappa shape index (κ3) is 3.46. The van der Waals surface area contributed by atoms with E-state index in [4.69, 9.17) is 15.2 Å². The van der Waals surface area contributed by atoms with Crippen molar-refractivity contribution in [1.82, 2.24) is 4.98 Å². The number of hydrogen-bond acceptors (Lipinski definition) is 7. The van der Waals surface area contributed by atoms with Crippen molar-refractivity contribution in [1.29, 1.82) is 0 Å². The number of anilines is 1. The van der Waals surface area contributed by atoms with Crippen LogP contribution in [0.15, 0.2) is 30.5 Å². The van der Waals surface area contributed by atoms with E-state index in [9.17, 15) is 14.9 Å². The molecule has 0 aliphatic heterocycles. The predicted octanol–water partition coefficient (Wildman–Crippen LogP) is 1.93. The predicted molar refractivity (Wildman–Crippen MR) is 82.0 cm³/mol. The van der Waals surface area contributed by atoms with Gasteiger partial charge in [0.25, 0.3) is 11.6 Å². The van der Waals surface area contributed by atoms with Gasteiger partial charge >= 0.3 is 0 Å². The second-order valence-electron chi connectivity index (χ2n) is 4.37. The molecular formula is C14H14N4O5. The minimum atomic E-state index is -0.709. The third-order valence-corrected chi connectivity index (χ3v) is 2.96. The summed E-state index contributed by atoms with van der Waals surface area (Å²) < 4.78 is 10.8. The molecule has 3 N–H and O–H groups in total. The molecule has 1 aromatic carbocycles. The van der Waals surface area contributed by atoms with Gasteiger partial charge in [0.1, 0.15) is 17.1 Å². The van der Waals surface area contributed by atoms with Crippen molar-refractivity contribution in [3.63, 3.8) is 0 Å². The van der Waals surface area contributed by atoms with Gasteiger partial charge in [0.15, 0.2) is 11.5 Å². The molecule has 1 aromatic heterocycles. The van der Waals surface area contributed by atoms with Crippen molar-refractivity contribution in [3.05, 3.63) is 46.3 Å². The molecule has 1 heterocycles. The van der Waals surface area contributed by atoms with Crippen molar-refractivity contribution in [3.8, 4) is 17.2 Å². The number of ether oxygens (including phenoxy) is 2. The minimum absolute atomic E-state index is 0.0165. The van der Waals surface area contributed by atoms with Crippen LogP contribution in [0.3, 0.4) is 0 Å². The second kappa shape index (κ2) is 6.60. The average molecular weight is 318 g/mol. The number of nitrogens with two attached hydrogens (primary N) is 1. The lowest BCUT2D eigenvalue weighted by atomic mass is 10.2. The summed E-state index contributed by atoms with van der Waals surface area (Å²) in [7, 11) is 2.97. The maximum Gasteiger partial charge on any atom is 0.296 e. The van der Waals surface area contributed by atoms with Crippen molar-refractivity contribution in [2.45, 2.75) is 0 Å². The highest BCUT2D eigenvalue weighted by atomic mass is 16.6. The first-order valence-electron chi connectivity index (χ1n) is 6.44. The van der Waals surface area contributed by atoms with Gasteiger partial charge < -0.3 is 20.5 Å². The number of nitrogens with zero attached hydrogens (tertiary/aromatic N) is 2. The van der Waals surface area contributed by atoms with Gasteiger partial charge in [0.05, 0.1) is 18.1 Å². The van der Waals surface area contributed by atoms with Gasteiger partial charge in [0.2, 0.25) is 0 Å². The number of primary amides is 1. The van der Waals surface area contributed by atoms with Gasteiger partial charge in [0, 0.05) is 25.4 Å². The van der Waals surface area contributed by atoms with Crippen molar-refractivity contribution in [2.24, 2.45) is 5.73 Å². The van der Waals surface area contributed by atoms with E-state index >= 15 is 0 Å². The molecule has 120 valence electrons. The molecule has 0 unspecified atom stereocenters. The molecule has 2 rings (SSSR count). The van der Waals surface area contributed by atoms with Crippen LogP contribution in [-0.2, 0) is 0 Å². The number of carbonyl (C=O) groups excluding carboxylic acids is 1. The number of pyridine rings is 1. The quantitative estimate of drug-likeness (QED) is 0.614. The summed E-state index contributed by atoms with van der Waals surface area (Å²) in [6, 6.07) is 5.50. The summed E-state index contributed by atoms with van der Waals surface area (Å²) in [6.45, 7) is 0. The van der Waals surface area contributed by atoms with Crippen LogP contribution >= 0.6 is 0 Å². The van der Waals surface area contributed by atoms with Crippen LogP contribution < -0.4 is 20.5 Å². The van der Waals surface area contributed by atoms with E-state index in [1.54, 1.807) is 7.05 Å². The fourth-order valence-electron chi connectivity index (χ4n) is 1.88. The first kappa shape index (κ1) is 16.0. The molecule has 0 aliphatic rings. The highest BCUT2D eigenvalue weighted by molar-refractivity contribution is 5.91. The monoisotopic (exact) mass is 318 g/mol. The largest absolute Gasteiger partial charge is 0.493 e. The molecular weight excluding hydrogens is 304 g/mol. The zero-order valence-electron chi connectivity index (χ0n) is 12.4. The average Bonchev–Trinajstić information content (AvgIpc) is 2.54. The Balaban J connectivity index is 2.46. The lowest BCUT2D eigenvalue weighted by Crippen LogP contribution is -2.12. The van der Waals surface area contributed by atoms with Gasteiger partial charge in [-0.15, -0.1) is 0 Å². The van der Waals surface area contributed by atoms with E-state index in [0.717, 1.165) is 0 Å². The van der Waals surface area contributed by atoms with Crippen LogP contribution in [0.1, 0.15) is 10.5 Å². The van der Waals surface area contributed by atoms with Crippen LogP contribution in [-0.4, -0.2) is 30.0 Å². The molecule has 2 aromatic rings. The molecule has 0 aliphatic carbocycles. The van der Waals surface area contributed by atoms with E-state index in [1.165, 1.54) is 37.6 Å². The number of methoxy groups -OCH3 is 1. The van der Waals surface area contributed by atoms with Crippen molar-refractivity contribution >= 4 is 17.3 Å². The molecule has 9 heteroatoms. The van der Waals surface area contributed by atoms with Crippen LogP contribution in [0, 0.1) is 10.1 Å². The number of nitrogens with one attached hydrogen (secondary N) is 1. The molecule has 0 radical (unpaired) electrons. The Kier molecular flexibility index (Phi) is 4.60. The summed E-state index contributed by atoms with van der Waals surface area (Å²) >= 11 is 0. The Morgan fingerprint density at radius 3 is 2.65 bits per heavy atom. The standard InChI is InChI=1S/C14H14N4O5/c1-16-9-6-12(22-2)13(7-11(9)18(20)21)23-8-3-4-17-10(5-8)14(15)19/h3-7,16H,1-2H3,(H2,15,19). The number of nitro groups is 1. The van der Waals surface area contributed by atoms with Gasteiger partial charge in [-0.3, -0.25) is 19.9 Å². The Bertz CT molecular complexity index is 763. The van der Waals surface area contributed by atoms with E-state index in [2.05, 4.69) is 10.3 Å². The smallest absolute Gasteiger partial charge is 0.296 e. The maximum absolute atomic E-state index is 11.1. The molecule has 23 heavy (non-hydrogen) atoms. The van der Waals surface area contributed by atoms with E-state index < -0.39 is 10.8 Å². The SMILES string of the molecule is CNc1cc(OC)c(Oc2ccnc(C(N)=O)c2)cc1[N+](=O)[O-]. The number of carbonyl (C=O) groups is 1. The first-order chi connectivity index (χ1) is 11.0. The lowest BCUT2D eigenvalue weighted by molar-refractivity contribution is -0.384. The zero-order chi connectivity index (χ0) is 17.0. The highest BCUT2D eigenvalue weighted by Gasteiger charge is 2.19. The van der Waals surface area contributed by atoms with Crippen LogP contribution in [0.25, 0.3) is 0 Å². The van der Waals surface area contributed by atoms with Gasteiger partial charge in [-0.05, 0) is 6.07 Å². The molecule has 0 saturated heterocycles. The molecule has 9 nitrogen and oxygen atoms in total. The maximum atomic E-state index is 11.1. The van der Waals surface area contributed by atoms with Crippen molar-refractivity contribution < 1.29 is 19.2 Å².